The molecule has 1 aliphatic rings. The molecule has 7 rings (SSSR count). The molecule has 0 heteroatoms. The van der Waals surface area contributed by atoms with E-state index in [-0.39, 0.29) is 0 Å². The third-order valence-corrected chi connectivity index (χ3v) is 7.08. The van der Waals surface area contributed by atoms with Crippen LogP contribution in [0.3, 0.4) is 0 Å². The van der Waals surface area contributed by atoms with E-state index in [4.69, 9.17) is 0 Å². The van der Waals surface area contributed by atoms with Crippen LogP contribution in [0, 0.1) is 0 Å². The molecule has 0 atom stereocenters. The highest BCUT2D eigenvalue weighted by Crippen LogP contribution is 2.51. The van der Waals surface area contributed by atoms with E-state index in [9.17, 15) is 0 Å². The summed E-state index contributed by atoms with van der Waals surface area (Å²) in [6, 6.07) is 34.2. The van der Waals surface area contributed by atoms with Crippen LogP contribution in [-0.4, -0.2) is 0 Å². The third kappa shape index (κ3) is 2.25. The van der Waals surface area contributed by atoms with Crippen LogP contribution in [0.2, 0.25) is 0 Å². The second-order valence-corrected chi connectivity index (χ2v) is 8.82. The lowest BCUT2D eigenvalue weighted by molar-refractivity contribution is 0.936. The predicted molar refractivity (Wildman–Crippen MR) is 135 cm³/mol. The molecular formula is C31H22. The SMILES string of the molecule is CCCc1c2ccccc2cc2cc3c(cc12)-c1cc2ccccc2c2cccc-3c12. The molecule has 0 fully saturated rings. The van der Waals surface area contributed by atoms with Crippen molar-refractivity contribution in [2.45, 2.75) is 19.8 Å². The van der Waals surface area contributed by atoms with Gasteiger partial charge in [-0.05, 0) is 102 Å². The molecule has 0 radical (unpaired) electrons. The molecule has 1 aliphatic carbocycles. The highest BCUT2D eigenvalue weighted by molar-refractivity contribution is 6.24. The number of rotatable bonds is 2. The van der Waals surface area contributed by atoms with E-state index in [1.165, 1.54) is 70.9 Å². The van der Waals surface area contributed by atoms with Gasteiger partial charge in [-0.15, -0.1) is 0 Å². The zero-order valence-electron chi connectivity index (χ0n) is 17.6. The van der Waals surface area contributed by atoms with Crippen molar-refractivity contribution in [3.05, 3.63) is 96.6 Å². The molecule has 31 heavy (non-hydrogen) atoms. The first-order valence-corrected chi connectivity index (χ1v) is 11.3. The highest BCUT2D eigenvalue weighted by atomic mass is 14.3. The van der Waals surface area contributed by atoms with Gasteiger partial charge in [-0.1, -0.05) is 80.1 Å². The Morgan fingerprint density at radius 3 is 2.00 bits per heavy atom. The minimum atomic E-state index is 1.11. The largest absolute Gasteiger partial charge is 0.0651 e. The summed E-state index contributed by atoms with van der Waals surface area (Å²) < 4.78 is 0. The standard InChI is InChI=1S/C31H22/c1-2-8-24-22-11-5-3-9-19(22)15-21-17-28-26-14-7-13-25-23-12-6-4-10-20(23)16-30(31(25)26)29(28)18-27(21)24/h3-7,9-18H,2,8H2,1H3. The summed E-state index contributed by atoms with van der Waals surface area (Å²) in [5.74, 6) is 0. The average Bonchev–Trinajstić information content (AvgIpc) is 3.12. The van der Waals surface area contributed by atoms with E-state index in [0.717, 1.165) is 12.8 Å². The molecule has 0 aromatic heterocycles. The van der Waals surface area contributed by atoms with Gasteiger partial charge >= 0.3 is 0 Å². The zero-order chi connectivity index (χ0) is 20.5. The Hall–Kier alpha value is -3.64. The Kier molecular flexibility index (Phi) is 3.41. The van der Waals surface area contributed by atoms with Crippen LogP contribution in [-0.2, 0) is 6.42 Å². The van der Waals surface area contributed by atoms with Crippen LogP contribution in [0.25, 0.3) is 65.3 Å². The van der Waals surface area contributed by atoms with Crippen molar-refractivity contribution in [2.75, 3.05) is 0 Å². The normalized spacial score (nSPS) is 12.3. The maximum absolute atomic E-state index is 2.48. The van der Waals surface area contributed by atoms with Gasteiger partial charge in [0.1, 0.15) is 0 Å². The molecule has 0 saturated carbocycles. The second kappa shape index (κ2) is 6.18. The zero-order valence-corrected chi connectivity index (χ0v) is 17.6. The van der Waals surface area contributed by atoms with E-state index < -0.39 is 0 Å². The van der Waals surface area contributed by atoms with Gasteiger partial charge < -0.3 is 0 Å². The van der Waals surface area contributed by atoms with Crippen LogP contribution in [0.15, 0.2) is 91.0 Å². The van der Waals surface area contributed by atoms with Crippen LogP contribution >= 0.6 is 0 Å². The van der Waals surface area contributed by atoms with Crippen molar-refractivity contribution in [1.82, 2.24) is 0 Å². The number of aryl methyl sites for hydroxylation is 1. The molecule has 6 aromatic rings. The molecule has 0 spiro atoms. The van der Waals surface area contributed by atoms with Gasteiger partial charge in [0.25, 0.3) is 0 Å². The fraction of sp³-hybridized carbons (Fsp3) is 0.0968. The van der Waals surface area contributed by atoms with Crippen LogP contribution < -0.4 is 0 Å². The van der Waals surface area contributed by atoms with Crippen molar-refractivity contribution in [3.8, 4) is 22.3 Å². The van der Waals surface area contributed by atoms with Gasteiger partial charge in [0.05, 0.1) is 0 Å². The summed E-state index contributed by atoms with van der Waals surface area (Å²) in [6.07, 6.45) is 2.26. The van der Waals surface area contributed by atoms with Crippen molar-refractivity contribution >= 4 is 43.1 Å². The number of benzene rings is 6. The minimum absolute atomic E-state index is 1.11. The Morgan fingerprint density at radius 1 is 0.484 bits per heavy atom. The lowest BCUT2D eigenvalue weighted by atomic mass is 9.90. The molecule has 0 aliphatic heterocycles. The van der Waals surface area contributed by atoms with Crippen molar-refractivity contribution < 1.29 is 0 Å². The highest BCUT2D eigenvalue weighted by Gasteiger charge is 2.24. The van der Waals surface area contributed by atoms with Crippen molar-refractivity contribution in [3.63, 3.8) is 0 Å². The van der Waals surface area contributed by atoms with Crippen LogP contribution in [0.4, 0.5) is 0 Å². The van der Waals surface area contributed by atoms with Crippen LogP contribution in [0.5, 0.6) is 0 Å². The molecule has 6 aromatic carbocycles. The van der Waals surface area contributed by atoms with E-state index >= 15 is 0 Å². The summed E-state index contributed by atoms with van der Waals surface area (Å²) in [5.41, 5.74) is 7.02. The van der Waals surface area contributed by atoms with E-state index in [2.05, 4.69) is 97.9 Å². The maximum atomic E-state index is 2.48. The lowest BCUT2D eigenvalue weighted by Gasteiger charge is -2.13. The summed E-state index contributed by atoms with van der Waals surface area (Å²) in [5, 5.41) is 11.0. The Morgan fingerprint density at radius 2 is 1.16 bits per heavy atom. The quantitative estimate of drug-likeness (QED) is 0.203. The van der Waals surface area contributed by atoms with Gasteiger partial charge in [0.15, 0.2) is 0 Å². The molecule has 0 N–H and O–H groups in total. The van der Waals surface area contributed by atoms with E-state index in [0.29, 0.717) is 0 Å². The van der Waals surface area contributed by atoms with Crippen molar-refractivity contribution in [2.24, 2.45) is 0 Å². The molecule has 0 heterocycles. The Labute approximate surface area is 181 Å². The third-order valence-electron chi connectivity index (χ3n) is 7.08. The first-order valence-electron chi connectivity index (χ1n) is 11.3. The molecule has 0 unspecified atom stereocenters. The molecule has 0 nitrogen and oxygen atoms in total. The van der Waals surface area contributed by atoms with Gasteiger partial charge in [-0.3, -0.25) is 0 Å². The molecular weight excluding hydrogens is 372 g/mol. The van der Waals surface area contributed by atoms with Gasteiger partial charge in [0, 0.05) is 0 Å². The average molecular weight is 395 g/mol. The molecule has 146 valence electrons. The van der Waals surface area contributed by atoms with Gasteiger partial charge in [-0.2, -0.15) is 0 Å². The van der Waals surface area contributed by atoms with Crippen molar-refractivity contribution in [1.29, 1.82) is 0 Å². The summed E-state index contributed by atoms with van der Waals surface area (Å²) in [6.45, 7) is 2.28. The first kappa shape index (κ1) is 17.1. The number of fused-ring (bicyclic) bond motifs is 7. The monoisotopic (exact) mass is 394 g/mol. The second-order valence-electron chi connectivity index (χ2n) is 8.82. The smallest absolute Gasteiger partial charge is 0.00199 e. The number of hydrogen-bond acceptors (Lipinski definition) is 0. The Bertz CT molecular complexity index is 1680. The first-order chi connectivity index (χ1) is 15.3. The maximum Gasteiger partial charge on any atom is -0.00199 e. The molecule has 0 amide bonds. The molecule has 0 bridgehead atoms. The van der Waals surface area contributed by atoms with Gasteiger partial charge in [-0.25, -0.2) is 0 Å². The topological polar surface area (TPSA) is 0 Å². The predicted octanol–water partition coefficient (Wildman–Crippen LogP) is 8.90. The molecule has 0 saturated heterocycles. The number of hydrogen-bond donors (Lipinski definition) is 0. The fourth-order valence-corrected chi connectivity index (χ4v) is 5.77. The van der Waals surface area contributed by atoms with E-state index in [1.54, 1.807) is 0 Å². The lowest BCUT2D eigenvalue weighted by Crippen LogP contribution is -1.91. The fourth-order valence-electron chi connectivity index (χ4n) is 5.77. The Balaban J connectivity index is 1.65. The van der Waals surface area contributed by atoms with Gasteiger partial charge in [0.2, 0.25) is 0 Å². The minimum Gasteiger partial charge on any atom is -0.0651 e. The summed E-state index contributed by atoms with van der Waals surface area (Å²) in [4.78, 5) is 0. The summed E-state index contributed by atoms with van der Waals surface area (Å²) in [7, 11) is 0. The summed E-state index contributed by atoms with van der Waals surface area (Å²) >= 11 is 0. The van der Waals surface area contributed by atoms with E-state index in [1.807, 2.05) is 0 Å². The van der Waals surface area contributed by atoms with Crippen LogP contribution in [0.1, 0.15) is 18.9 Å².